The van der Waals surface area contributed by atoms with Crippen LogP contribution in [0.1, 0.15) is 18.0 Å². The quantitative estimate of drug-likeness (QED) is 0.902. The minimum atomic E-state index is -1.05. The number of anilines is 1. The average molecular weight is 330 g/mol. The molecule has 24 heavy (non-hydrogen) atoms. The normalized spacial score (nSPS) is 16.0. The van der Waals surface area contributed by atoms with E-state index in [1.54, 1.807) is 31.1 Å². The van der Waals surface area contributed by atoms with Crippen LogP contribution in [0.5, 0.6) is 5.75 Å². The number of benzene rings is 2. The van der Waals surface area contributed by atoms with Crippen LogP contribution in [0.3, 0.4) is 0 Å². The van der Waals surface area contributed by atoms with Crippen molar-refractivity contribution in [2.24, 2.45) is 0 Å². The number of rotatable bonds is 3. The third-order valence-corrected chi connectivity index (χ3v) is 4.11. The Balaban J connectivity index is 1.97. The average Bonchev–Trinajstić information content (AvgIpc) is 2.54. The van der Waals surface area contributed by atoms with Crippen molar-refractivity contribution >= 4 is 11.8 Å². The third-order valence-electron chi connectivity index (χ3n) is 4.11. The Hall–Kier alpha value is -2.76. The summed E-state index contributed by atoms with van der Waals surface area (Å²) in [7, 11) is 3.58. The van der Waals surface area contributed by atoms with Crippen LogP contribution in [0.2, 0.25) is 0 Å². The molecule has 0 spiro atoms. The van der Waals surface area contributed by atoms with Crippen LogP contribution < -0.4 is 15.0 Å². The predicted molar refractivity (Wildman–Crippen MR) is 90.2 cm³/mol. The Morgan fingerprint density at radius 3 is 2.67 bits per heavy atom. The molecule has 2 aromatic carbocycles. The fourth-order valence-corrected chi connectivity index (χ4v) is 2.90. The van der Waals surface area contributed by atoms with Crippen LogP contribution >= 0.6 is 0 Å². The van der Waals surface area contributed by atoms with Crippen molar-refractivity contribution in [3.05, 3.63) is 47.8 Å². The minimum Gasteiger partial charge on any atom is -0.493 e. The van der Waals surface area contributed by atoms with E-state index in [1.807, 2.05) is 18.2 Å². The molecule has 1 amide bonds. The molecule has 3 rings (SSSR count). The first-order valence-electron chi connectivity index (χ1n) is 7.69. The van der Waals surface area contributed by atoms with Crippen molar-refractivity contribution in [2.45, 2.75) is 12.5 Å². The number of hydrogen-bond acceptors (Lipinski definition) is 3. The smallest absolute Gasteiger partial charge is 0.405 e. The van der Waals surface area contributed by atoms with E-state index in [4.69, 9.17) is 9.84 Å². The second-order valence-corrected chi connectivity index (χ2v) is 5.95. The second kappa shape index (κ2) is 6.39. The van der Waals surface area contributed by atoms with Gasteiger partial charge in [0.2, 0.25) is 0 Å². The number of carboxylic acid groups (broad SMARTS) is 1. The highest BCUT2D eigenvalue weighted by Gasteiger charge is 2.23. The number of carbonyl (C=O) groups is 1. The Labute approximate surface area is 139 Å². The fourth-order valence-electron chi connectivity index (χ4n) is 2.90. The van der Waals surface area contributed by atoms with Crippen LogP contribution in [0.4, 0.5) is 14.9 Å². The first-order chi connectivity index (χ1) is 11.5. The summed E-state index contributed by atoms with van der Waals surface area (Å²) in [4.78, 5) is 12.6. The molecule has 0 aromatic heterocycles. The van der Waals surface area contributed by atoms with Crippen molar-refractivity contribution in [1.82, 2.24) is 5.32 Å². The largest absolute Gasteiger partial charge is 0.493 e. The van der Waals surface area contributed by atoms with E-state index in [2.05, 4.69) is 5.32 Å². The van der Waals surface area contributed by atoms with Gasteiger partial charge in [-0.15, -0.1) is 0 Å². The van der Waals surface area contributed by atoms with Gasteiger partial charge in [-0.2, -0.15) is 0 Å². The van der Waals surface area contributed by atoms with Gasteiger partial charge in [-0.1, -0.05) is 18.2 Å². The summed E-state index contributed by atoms with van der Waals surface area (Å²) in [5, 5.41) is 11.4. The van der Waals surface area contributed by atoms with Gasteiger partial charge in [0.05, 0.1) is 18.3 Å². The van der Waals surface area contributed by atoms with E-state index < -0.39 is 6.09 Å². The first-order valence-corrected chi connectivity index (χ1v) is 7.69. The number of halogens is 1. The molecular weight excluding hydrogens is 311 g/mol. The van der Waals surface area contributed by atoms with Crippen molar-refractivity contribution < 1.29 is 19.0 Å². The number of fused-ring (bicyclic) bond motifs is 1. The predicted octanol–water partition coefficient (Wildman–Crippen LogP) is 3.65. The molecule has 0 radical (unpaired) electrons. The van der Waals surface area contributed by atoms with Gasteiger partial charge >= 0.3 is 6.09 Å². The molecule has 1 aliphatic heterocycles. The lowest BCUT2D eigenvalue weighted by atomic mass is 9.96. The van der Waals surface area contributed by atoms with Gasteiger partial charge in [0.25, 0.3) is 0 Å². The van der Waals surface area contributed by atoms with E-state index in [1.165, 1.54) is 6.07 Å². The van der Waals surface area contributed by atoms with Crippen LogP contribution in [-0.4, -0.2) is 31.9 Å². The molecule has 1 atom stereocenters. The summed E-state index contributed by atoms with van der Waals surface area (Å²) in [5.74, 6) is 0.386. The van der Waals surface area contributed by atoms with Crippen molar-refractivity contribution in [3.63, 3.8) is 0 Å². The summed E-state index contributed by atoms with van der Waals surface area (Å²) in [6, 6.07) is 10.3. The molecule has 1 unspecified atom stereocenters. The maximum atomic E-state index is 13.9. The summed E-state index contributed by atoms with van der Waals surface area (Å²) in [6.45, 7) is 0.452. The van der Waals surface area contributed by atoms with Gasteiger partial charge in [-0.05, 0) is 29.3 Å². The maximum absolute atomic E-state index is 13.9. The molecule has 2 N–H and O–H groups in total. The Morgan fingerprint density at radius 1 is 1.25 bits per heavy atom. The van der Waals surface area contributed by atoms with E-state index in [9.17, 15) is 9.18 Å². The van der Waals surface area contributed by atoms with Gasteiger partial charge in [0, 0.05) is 26.1 Å². The topological polar surface area (TPSA) is 61.8 Å². The summed E-state index contributed by atoms with van der Waals surface area (Å²) in [6.07, 6.45) is -0.453. The number of ether oxygens (including phenoxy) is 1. The molecule has 1 heterocycles. The summed E-state index contributed by atoms with van der Waals surface area (Å²) < 4.78 is 19.5. The molecule has 0 saturated carbocycles. The lowest BCUT2D eigenvalue weighted by Crippen LogP contribution is -2.30. The van der Waals surface area contributed by atoms with Crippen molar-refractivity contribution in [1.29, 1.82) is 0 Å². The zero-order valence-corrected chi connectivity index (χ0v) is 13.5. The lowest BCUT2D eigenvalue weighted by molar-refractivity contribution is 0.182. The van der Waals surface area contributed by atoms with Gasteiger partial charge in [-0.3, -0.25) is 0 Å². The number of nitrogens with zero attached hydrogens (tertiary/aromatic N) is 1. The Kier molecular flexibility index (Phi) is 4.29. The third kappa shape index (κ3) is 3.13. The molecular formula is C18H19FN2O3. The van der Waals surface area contributed by atoms with E-state index in [-0.39, 0.29) is 11.9 Å². The Morgan fingerprint density at radius 2 is 1.96 bits per heavy atom. The number of nitrogens with one attached hydrogen (secondary N) is 1. The van der Waals surface area contributed by atoms with E-state index in [0.717, 1.165) is 16.7 Å². The van der Waals surface area contributed by atoms with Gasteiger partial charge in [-0.25, -0.2) is 9.18 Å². The monoisotopic (exact) mass is 330 g/mol. The fraction of sp³-hybridized carbons (Fsp3) is 0.278. The highest BCUT2D eigenvalue weighted by atomic mass is 19.1. The zero-order chi connectivity index (χ0) is 17.3. The van der Waals surface area contributed by atoms with Gasteiger partial charge < -0.3 is 20.1 Å². The summed E-state index contributed by atoms with van der Waals surface area (Å²) >= 11 is 0. The highest BCUT2D eigenvalue weighted by Crippen LogP contribution is 2.36. The zero-order valence-electron chi connectivity index (χ0n) is 13.5. The van der Waals surface area contributed by atoms with Crippen molar-refractivity contribution in [2.75, 3.05) is 25.6 Å². The van der Waals surface area contributed by atoms with Crippen LogP contribution in [0.25, 0.3) is 11.1 Å². The number of hydrogen-bond donors (Lipinski definition) is 2. The standard InChI is InChI=1S/C18H19FN2O3/c1-21(2)16-9-11(4-6-14(16)19)12-3-5-13-15(20-18(22)23)7-8-24-17(13)10-12/h3-6,9-10,15,20H,7-8H2,1-2H3,(H,22,23). The molecule has 0 fully saturated rings. The molecule has 0 bridgehead atoms. The van der Waals surface area contributed by atoms with Crippen LogP contribution in [-0.2, 0) is 0 Å². The molecule has 6 heteroatoms. The highest BCUT2D eigenvalue weighted by molar-refractivity contribution is 5.71. The minimum absolute atomic E-state index is 0.272. The second-order valence-electron chi connectivity index (χ2n) is 5.95. The Bertz CT molecular complexity index is 777. The van der Waals surface area contributed by atoms with E-state index >= 15 is 0 Å². The molecule has 0 saturated heterocycles. The molecule has 1 aliphatic rings. The van der Waals surface area contributed by atoms with E-state index in [0.29, 0.717) is 24.5 Å². The number of amides is 1. The molecule has 0 aliphatic carbocycles. The maximum Gasteiger partial charge on any atom is 0.405 e. The van der Waals surface area contributed by atoms with Crippen LogP contribution in [0, 0.1) is 5.82 Å². The van der Waals surface area contributed by atoms with Gasteiger partial charge in [0.1, 0.15) is 11.6 Å². The van der Waals surface area contributed by atoms with Crippen molar-refractivity contribution in [3.8, 4) is 16.9 Å². The SMILES string of the molecule is CN(C)c1cc(-c2ccc3c(c2)OCCC3NC(=O)O)ccc1F. The molecule has 2 aromatic rings. The first kappa shape index (κ1) is 16.1. The van der Waals surface area contributed by atoms with Gasteiger partial charge in [0.15, 0.2) is 0 Å². The molecule has 126 valence electrons. The lowest BCUT2D eigenvalue weighted by Gasteiger charge is -2.26. The van der Waals surface area contributed by atoms with Crippen LogP contribution in [0.15, 0.2) is 36.4 Å². The summed E-state index contributed by atoms with van der Waals surface area (Å²) in [5.41, 5.74) is 3.10. The molecule has 5 nitrogen and oxygen atoms in total.